The number of hydrogen-bond donors (Lipinski definition) is 2. The zero-order valence-corrected chi connectivity index (χ0v) is 10.4. The lowest BCUT2D eigenvalue weighted by molar-refractivity contribution is 0.314. The quantitative estimate of drug-likeness (QED) is 0.599. The highest BCUT2D eigenvalue weighted by molar-refractivity contribution is 5.79. The SMILES string of the molecule is CN=C(NCc1nc(C)no1)NCC1CCC1. The fourth-order valence-corrected chi connectivity index (χ4v) is 1.73. The van der Waals surface area contributed by atoms with Crippen LogP contribution in [0.4, 0.5) is 0 Å². The molecule has 0 spiro atoms. The Hall–Kier alpha value is -1.59. The number of aromatic nitrogens is 2. The molecule has 1 aliphatic rings. The first-order chi connectivity index (χ1) is 8.28. The molecule has 0 saturated heterocycles. The van der Waals surface area contributed by atoms with Crippen LogP contribution < -0.4 is 10.6 Å². The Morgan fingerprint density at radius 3 is 2.82 bits per heavy atom. The molecule has 2 rings (SSSR count). The van der Waals surface area contributed by atoms with Gasteiger partial charge < -0.3 is 15.2 Å². The Morgan fingerprint density at radius 1 is 1.47 bits per heavy atom. The van der Waals surface area contributed by atoms with E-state index in [9.17, 15) is 0 Å². The molecule has 2 N–H and O–H groups in total. The molecule has 1 saturated carbocycles. The number of guanidine groups is 1. The van der Waals surface area contributed by atoms with Crippen LogP contribution in [0, 0.1) is 12.8 Å². The number of hydrogen-bond acceptors (Lipinski definition) is 4. The van der Waals surface area contributed by atoms with Gasteiger partial charge in [-0.1, -0.05) is 11.6 Å². The first kappa shape index (κ1) is 11.9. The largest absolute Gasteiger partial charge is 0.356 e. The molecule has 0 aromatic carbocycles. The zero-order valence-electron chi connectivity index (χ0n) is 10.4. The van der Waals surface area contributed by atoms with Crippen LogP contribution >= 0.6 is 0 Å². The number of aryl methyl sites for hydroxylation is 1. The summed E-state index contributed by atoms with van der Waals surface area (Å²) in [7, 11) is 1.76. The average molecular weight is 237 g/mol. The molecule has 0 radical (unpaired) electrons. The summed E-state index contributed by atoms with van der Waals surface area (Å²) in [5, 5.41) is 10.2. The van der Waals surface area contributed by atoms with Crippen molar-refractivity contribution in [3.63, 3.8) is 0 Å². The van der Waals surface area contributed by atoms with Crippen molar-refractivity contribution in [3.05, 3.63) is 11.7 Å². The maximum atomic E-state index is 5.01. The molecular weight excluding hydrogens is 218 g/mol. The highest BCUT2D eigenvalue weighted by atomic mass is 16.5. The monoisotopic (exact) mass is 237 g/mol. The molecule has 17 heavy (non-hydrogen) atoms. The Bertz CT molecular complexity index is 383. The van der Waals surface area contributed by atoms with Crippen LogP contribution in [-0.4, -0.2) is 29.7 Å². The normalized spacial score (nSPS) is 16.7. The van der Waals surface area contributed by atoms with Gasteiger partial charge in [0.1, 0.15) is 0 Å². The van der Waals surface area contributed by atoms with Crippen molar-refractivity contribution in [2.24, 2.45) is 10.9 Å². The van der Waals surface area contributed by atoms with Crippen LogP contribution in [0.3, 0.4) is 0 Å². The first-order valence-electron chi connectivity index (χ1n) is 6.01. The maximum absolute atomic E-state index is 5.01. The van der Waals surface area contributed by atoms with Gasteiger partial charge in [-0.15, -0.1) is 0 Å². The summed E-state index contributed by atoms with van der Waals surface area (Å²) in [4.78, 5) is 8.26. The molecule has 0 bridgehead atoms. The van der Waals surface area contributed by atoms with Crippen molar-refractivity contribution in [1.82, 2.24) is 20.8 Å². The van der Waals surface area contributed by atoms with Gasteiger partial charge in [-0.2, -0.15) is 4.98 Å². The van der Waals surface area contributed by atoms with Gasteiger partial charge in [0.15, 0.2) is 11.8 Å². The summed E-state index contributed by atoms with van der Waals surface area (Å²) < 4.78 is 5.01. The predicted octanol–water partition coefficient (Wildman–Crippen LogP) is 0.843. The van der Waals surface area contributed by atoms with Crippen LogP contribution in [0.1, 0.15) is 31.0 Å². The Morgan fingerprint density at radius 2 is 2.29 bits per heavy atom. The van der Waals surface area contributed by atoms with E-state index in [-0.39, 0.29) is 0 Å². The first-order valence-corrected chi connectivity index (χ1v) is 6.01. The Labute approximate surface area is 101 Å². The minimum absolute atomic E-state index is 0.505. The lowest BCUT2D eigenvalue weighted by atomic mass is 9.85. The van der Waals surface area contributed by atoms with Crippen molar-refractivity contribution in [1.29, 1.82) is 0 Å². The van der Waals surface area contributed by atoms with Gasteiger partial charge in [-0.3, -0.25) is 4.99 Å². The highest BCUT2D eigenvalue weighted by Crippen LogP contribution is 2.24. The van der Waals surface area contributed by atoms with E-state index >= 15 is 0 Å². The van der Waals surface area contributed by atoms with E-state index in [0.717, 1.165) is 18.4 Å². The Kier molecular flexibility index (Phi) is 3.95. The fourth-order valence-electron chi connectivity index (χ4n) is 1.73. The zero-order chi connectivity index (χ0) is 12.1. The summed E-state index contributed by atoms with van der Waals surface area (Å²) >= 11 is 0. The van der Waals surface area contributed by atoms with Gasteiger partial charge >= 0.3 is 0 Å². The third kappa shape index (κ3) is 3.44. The van der Waals surface area contributed by atoms with E-state index in [0.29, 0.717) is 18.3 Å². The van der Waals surface area contributed by atoms with Crippen molar-refractivity contribution < 1.29 is 4.52 Å². The summed E-state index contributed by atoms with van der Waals surface area (Å²) in [6.45, 7) is 3.30. The molecule has 1 aromatic rings. The molecule has 6 nitrogen and oxygen atoms in total. The molecule has 1 heterocycles. The molecule has 0 aliphatic heterocycles. The number of rotatable bonds is 4. The van der Waals surface area contributed by atoms with Crippen LogP contribution in [0.15, 0.2) is 9.52 Å². The van der Waals surface area contributed by atoms with E-state index in [4.69, 9.17) is 4.52 Å². The van der Waals surface area contributed by atoms with Gasteiger partial charge in [-0.25, -0.2) is 0 Å². The van der Waals surface area contributed by atoms with Crippen LogP contribution in [0.25, 0.3) is 0 Å². The van der Waals surface area contributed by atoms with E-state index in [1.54, 1.807) is 14.0 Å². The molecule has 1 fully saturated rings. The van der Waals surface area contributed by atoms with Crippen molar-refractivity contribution in [2.75, 3.05) is 13.6 Å². The van der Waals surface area contributed by atoms with E-state index in [1.165, 1.54) is 19.3 Å². The van der Waals surface area contributed by atoms with Gasteiger partial charge in [0.25, 0.3) is 0 Å². The minimum atomic E-state index is 0.505. The van der Waals surface area contributed by atoms with Gasteiger partial charge in [-0.05, 0) is 25.7 Å². The average Bonchev–Trinajstić information content (AvgIpc) is 2.67. The molecule has 0 amide bonds. The van der Waals surface area contributed by atoms with Crippen molar-refractivity contribution in [3.8, 4) is 0 Å². The molecular formula is C11H19N5O. The van der Waals surface area contributed by atoms with Gasteiger partial charge in [0, 0.05) is 13.6 Å². The van der Waals surface area contributed by atoms with Crippen LogP contribution in [-0.2, 0) is 6.54 Å². The lowest BCUT2D eigenvalue weighted by Gasteiger charge is -2.26. The van der Waals surface area contributed by atoms with Crippen molar-refractivity contribution in [2.45, 2.75) is 32.7 Å². The van der Waals surface area contributed by atoms with Crippen LogP contribution in [0.5, 0.6) is 0 Å². The molecule has 1 aromatic heterocycles. The highest BCUT2D eigenvalue weighted by Gasteiger charge is 2.17. The summed E-state index contributed by atoms with van der Waals surface area (Å²) in [6.07, 6.45) is 4.01. The second-order valence-corrected chi connectivity index (χ2v) is 4.34. The van der Waals surface area contributed by atoms with Gasteiger partial charge in [0.05, 0.1) is 6.54 Å². The van der Waals surface area contributed by atoms with E-state index in [2.05, 4.69) is 25.8 Å². The van der Waals surface area contributed by atoms with Crippen LogP contribution in [0.2, 0.25) is 0 Å². The third-order valence-corrected chi connectivity index (χ3v) is 2.98. The molecule has 0 unspecified atom stereocenters. The second kappa shape index (κ2) is 5.65. The van der Waals surface area contributed by atoms with Gasteiger partial charge in [0.2, 0.25) is 5.89 Å². The predicted molar refractivity (Wildman–Crippen MR) is 64.6 cm³/mol. The Balaban J connectivity index is 1.71. The van der Waals surface area contributed by atoms with E-state index in [1.807, 2.05) is 0 Å². The maximum Gasteiger partial charge on any atom is 0.246 e. The fraction of sp³-hybridized carbons (Fsp3) is 0.727. The second-order valence-electron chi connectivity index (χ2n) is 4.34. The minimum Gasteiger partial charge on any atom is -0.356 e. The smallest absolute Gasteiger partial charge is 0.246 e. The third-order valence-electron chi connectivity index (χ3n) is 2.98. The molecule has 6 heteroatoms. The standard InChI is InChI=1S/C11H19N5O/c1-8-15-10(17-16-8)7-14-11(12-2)13-6-9-4-3-5-9/h9H,3-7H2,1-2H3,(H2,12,13,14). The number of aliphatic imine (C=N–C) groups is 1. The molecule has 0 atom stereocenters. The summed E-state index contributed by atoms with van der Waals surface area (Å²) in [6, 6.07) is 0. The van der Waals surface area contributed by atoms with Crippen molar-refractivity contribution >= 4 is 5.96 Å². The topological polar surface area (TPSA) is 75.3 Å². The molecule has 94 valence electrons. The summed E-state index contributed by atoms with van der Waals surface area (Å²) in [5.74, 6) is 2.82. The lowest BCUT2D eigenvalue weighted by Crippen LogP contribution is -2.40. The van der Waals surface area contributed by atoms with E-state index < -0.39 is 0 Å². The summed E-state index contributed by atoms with van der Waals surface area (Å²) in [5.41, 5.74) is 0. The number of nitrogens with zero attached hydrogens (tertiary/aromatic N) is 3. The number of nitrogens with one attached hydrogen (secondary N) is 2. The molecule has 1 aliphatic carbocycles.